The van der Waals surface area contributed by atoms with Gasteiger partial charge in [0, 0.05) is 23.2 Å². The van der Waals surface area contributed by atoms with Crippen LogP contribution in [-0.4, -0.2) is 47.7 Å². The number of carbonyl (C=O) groups excluding carboxylic acids is 1. The minimum atomic E-state index is -1.18. The van der Waals surface area contributed by atoms with Crippen molar-refractivity contribution in [2.75, 3.05) is 13.2 Å². The summed E-state index contributed by atoms with van der Waals surface area (Å²) in [6, 6.07) is 1.43. The number of hydrogen-bond donors (Lipinski definition) is 0. The van der Waals surface area contributed by atoms with E-state index in [1.54, 1.807) is 13.0 Å². The van der Waals surface area contributed by atoms with Gasteiger partial charge in [0.05, 0.1) is 22.3 Å². The molecule has 1 aliphatic rings. The van der Waals surface area contributed by atoms with E-state index in [9.17, 15) is 13.8 Å². The number of aromatic nitrogens is 3. The number of pyridine rings is 1. The molecule has 29 heavy (non-hydrogen) atoms. The lowest BCUT2D eigenvalue weighted by Crippen LogP contribution is -2.37. The van der Waals surface area contributed by atoms with Crippen LogP contribution < -0.4 is 10.3 Å². The van der Waals surface area contributed by atoms with Crippen LogP contribution in [-0.2, 0) is 22.6 Å². The third-order valence-electron chi connectivity index (χ3n) is 5.13. The predicted octanol–water partition coefficient (Wildman–Crippen LogP) is 2.13. The second-order valence-corrected chi connectivity index (χ2v) is 10.1. The fraction of sp³-hybridized carbons (Fsp3) is 0.500. The van der Waals surface area contributed by atoms with Gasteiger partial charge in [-0.2, -0.15) is 5.10 Å². The molecule has 1 aliphatic carbocycles. The molecule has 0 amide bonds. The highest BCUT2D eigenvalue weighted by Crippen LogP contribution is 2.46. The second kappa shape index (κ2) is 7.70. The van der Waals surface area contributed by atoms with Crippen molar-refractivity contribution in [3.63, 3.8) is 0 Å². The number of hydrogen-bond acceptors (Lipinski definition) is 7. The predicted molar refractivity (Wildman–Crippen MR) is 111 cm³/mol. The zero-order valence-corrected chi connectivity index (χ0v) is 17.9. The highest BCUT2D eigenvalue weighted by molar-refractivity contribution is 7.88. The maximum Gasteiger partial charge on any atom is 0.343 e. The molecule has 0 bridgehead atoms. The Bertz CT molecular complexity index is 1060. The molecule has 0 saturated heterocycles. The molecule has 0 radical (unpaired) electrons. The van der Waals surface area contributed by atoms with Gasteiger partial charge < -0.3 is 14.0 Å². The maximum absolute atomic E-state index is 13.0. The Morgan fingerprint density at radius 1 is 1.45 bits per heavy atom. The molecule has 2 aromatic heterocycles. The van der Waals surface area contributed by atoms with Crippen molar-refractivity contribution < 1.29 is 18.5 Å². The smallest absolute Gasteiger partial charge is 0.343 e. The molecule has 8 nitrogen and oxygen atoms in total. The maximum atomic E-state index is 13.0. The summed E-state index contributed by atoms with van der Waals surface area (Å²) >= 11 is 0. The molecule has 0 N–H and O–H groups in total. The summed E-state index contributed by atoms with van der Waals surface area (Å²) in [5.41, 5.74) is -0.165. The van der Waals surface area contributed by atoms with Crippen molar-refractivity contribution in [2.24, 2.45) is 7.05 Å². The van der Waals surface area contributed by atoms with Crippen molar-refractivity contribution in [1.29, 1.82) is 0 Å². The molecule has 3 rings (SSSR count). The fourth-order valence-corrected chi connectivity index (χ4v) is 5.03. The van der Waals surface area contributed by atoms with Crippen LogP contribution in [0.15, 0.2) is 29.7 Å². The third-order valence-corrected chi connectivity index (χ3v) is 7.56. The van der Waals surface area contributed by atoms with Crippen molar-refractivity contribution in [1.82, 2.24) is 14.8 Å². The molecule has 1 atom stereocenters. The normalized spacial score (nSPS) is 16.3. The van der Waals surface area contributed by atoms with Gasteiger partial charge in [-0.25, -0.2) is 4.79 Å². The lowest BCUT2D eigenvalue weighted by Gasteiger charge is -2.26. The summed E-state index contributed by atoms with van der Waals surface area (Å²) in [5.74, 6) is -0.523. The first-order valence-electron chi connectivity index (χ1n) is 9.38. The number of nitrogens with zero attached hydrogens (tertiary/aromatic N) is 3. The Morgan fingerprint density at radius 2 is 2.14 bits per heavy atom. The first kappa shape index (κ1) is 21.2. The third kappa shape index (κ3) is 3.83. The molecule has 9 heteroatoms. The topological polar surface area (TPSA) is 100 Å². The van der Waals surface area contributed by atoms with Crippen LogP contribution in [0.1, 0.15) is 44.0 Å². The molecule has 2 heterocycles. The lowest BCUT2D eigenvalue weighted by molar-refractivity contribution is 0.0524. The van der Waals surface area contributed by atoms with Crippen LogP contribution in [0.25, 0.3) is 10.9 Å². The Morgan fingerprint density at radius 3 is 2.72 bits per heavy atom. The first-order valence-corrected chi connectivity index (χ1v) is 10.5. The molecule has 1 saturated carbocycles. The van der Waals surface area contributed by atoms with E-state index in [2.05, 4.69) is 16.8 Å². The average molecular weight is 420 g/mol. The number of rotatable bonds is 8. The summed E-state index contributed by atoms with van der Waals surface area (Å²) < 4.78 is 24.1. The Kier molecular flexibility index (Phi) is 5.62. The van der Waals surface area contributed by atoms with Crippen molar-refractivity contribution in [2.45, 2.75) is 43.1 Å². The SMILES string of the molecule is C=CC(C)(C)S(=O)C1(COc2nncc3cc(C(=O)OCC)c(=O)n(C)c23)CC1. The standard InChI is InChI=1S/C20H25N3O5S/c1-6-19(3,4)29(26)20(8-9-20)12-28-16-15-13(11-21-22-16)10-14(17(24)23(15)5)18(25)27-7-2/h6,10-11H,1,7-9,12H2,2-5H3. The van der Waals surface area contributed by atoms with Gasteiger partial charge in [-0.05, 0) is 39.7 Å². The van der Waals surface area contributed by atoms with E-state index in [0.717, 1.165) is 12.8 Å². The number of carbonyl (C=O) groups is 1. The number of ether oxygens (including phenoxy) is 2. The largest absolute Gasteiger partial charge is 0.474 e. The zero-order valence-electron chi connectivity index (χ0n) is 17.1. The molecule has 1 unspecified atom stereocenters. The summed E-state index contributed by atoms with van der Waals surface area (Å²) in [5, 5.41) is 8.48. The summed E-state index contributed by atoms with van der Waals surface area (Å²) in [6.07, 6.45) is 4.71. The number of esters is 1. The van der Waals surface area contributed by atoms with E-state index in [1.165, 1.54) is 23.9 Å². The van der Waals surface area contributed by atoms with Crippen LogP contribution >= 0.6 is 0 Å². The van der Waals surface area contributed by atoms with Crippen LogP contribution in [0.2, 0.25) is 0 Å². The van der Waals surface area contributed by atoms with Crippen LogP contribution in [0.5, 0.6) is 5.88 Å². The molecule has 0 aromatic carbocycles. The van der Waals surface area contributed by atoms with Crippen molar-refractivity contribution in [3.8, 4) is 5.88 Å². The van der Waals surface area contributed by atoms with Gasteiger partial charge in [-0.1, -0.05) is 6.08 Å². The monoisotopic (exact) mass is 419 g/mol. The molecule has 1 fully saturated rings. The quantitative estimate of drug-likeness (QED) is 0.477. The van der Waals surface area contributed by atoms with Crippen molar-refractivity contribution >= 4 is 27.7 Å². The Labute approximate surface area is 171 Å². The van der Waals surface area contributed by atoms with Crippen LogP contribution in [0, 0.1) is 0 Å². The highest BCUT2D eigenvalue weighted by Gasteiger charge is 2.53. The van der Waals surface area contributed by atoms with Gasteiger partial charge in [0.25, 0.3) is 11.4 Å². The molecule has 156 valence electrons. The van der Waals surface area contributed by atoms with Gasteiger partial charge in [-0.3, -0.25) is 9.00 Å². The second-order valence-electron chi connectivity index (χ2n) is 7.64. The zero-order chi connectivity index (χ0) is 21.4. The van der Waals surface area contributed by atoms with Gasteiger partial charge in [0.15, 0.2) is 0 Å². The highest BCUT2D eigenvalue weighted by atomic mass is 32.2. The van der Waals surface area contributed by atoms with E-state index >= 15 is 0 Å². The van der Waals surface area contributed by atoms with Gasteiger partial charge >= 0.3 is 5.97 Å². The fourth-order valence-electron chi connectivity index (χ4n) is 3.13. The van der Waals surface area contributed by atoms with Gasteiger partial charge in [0.1, 0.15) is 17.7 Å². The summed E-state index contributed by atoms with van der Waals surface area (Å²) in [6.45, 7) is 9.58. The van der Waals surface area contributed by atoms with E-state index in [-0.39, 0.29) is 24.7 Å². The van der Waals surface area contributed by atoms with E-state index in [0.29, 0.717) is 10.9 Å². The van der Waals surface area contributed by atoms with Crippen LogP contribution in [0.4, 0.5) is 0 Å². The average Bonchev–Trinajstić information content (AvgIpc) is 3.49. The van der Waals surface area contributed by atoms with E-state index in [1.807, 2.05) is 13.8 Å². The number of aryl methyl sites for hydroxylation is 1. The Balaban J connectivity index is 1.95. The molecule has 0 aliphatic heterocycles. The first-order chi connectivity index (χ1) is 13.7. The molecule has 0 spiro atoms. The molecular weight excluding hydrogens is 394 g/mol. The summed E-state index contributed by atoms with van der Waals surface area (Å²) in [7, 11) is 0.356. The Hall–Kier alpha value is -2.55. The van der Waals surface area contributed by atoms with Gasteiger partial charge in [-0.15, -0.1) is 11.7 Å². The minimum Gasteiger partial charge on any atom is -0.474 e. The minimum absolute atomic E-state index is 0.0756. The van der Waals surface area contributed by atoms with Gasteiger partial charge in [0.2, 0.25) is 0 Å². The lowest BCUT2D eigenvalue weighted by atomic mass is 10.2. The molecule has 2 aromatic rings. The van der Waals surface area contributed by atoms with E-state index in [4.69, 9.17) is 9.47 Å². The summed E-state index contributed by atoms with van der Waals surface area (Å²) in [4.78, 5) is 24.7. The van der Waals surface area contributed by atoms with Crippen molar-refractivity contribution in [3.05, 3.63) is 40.8 Å². The van der Waals surface area contributed by atoms with E-state index < -0.39 is 31.8 Å². The van der Waals surface area contributed by atoms with Crippen LogP contribution in [0.3, 0.4) is 0 Å². The number of fused-ring (bicyclic) bond motifs is 1. The molecular formula is C20H25N3O5S.